The van der Waals surface area contributed by atoms with Crippen LogP contribution in [0.5, 0.6) is 0 Å². The molecule has 2 N–H and O–H groups in total. The Kier molecular flexibility index (Phi) is 3.81. The van der Waals surface area contributed by atoms with Crippen LogP contribution in [0.1, 0.15) is 32.6 Å². The molecule has 0 unspecified atom stereocenters. The summed E-state index contributed by atoms with van der Waals surface area (Å²) >= 11 is 0. The molecule has 0 aliphatic heterocycles. The lowest BCUT2D eigenvalue weighted by atomic mass is 10.2. The maximum absolute atomic E-state index is 4.01. The van der Waals surface area contributed by atoms with Crippen molar-refractivity contribution in [3.05, 3.63) is 24.4 Å². The predicted molar refractivity (Wildman–Crippen MR) is 68.7 cm³/mol. The smallest absolute Gasteiger partial charge is 0.0670 e. The lowest BCUT2D eigenvalue weighted by molar-refractivity contribution is 0.685. The average Bonchev–Trinajstić information content (AvgIpc) is 2.76. The topological polar surface area (TPSA) is 40.7 Å². The summed E-state index contributed by atoms with van der Waals surface area (Å²) < 4.78 is 0. The van der Waals surface area contributed by atoms with E-state index in [2.05, 4.69) is 40.6 Å². The molecule has 0 spiro atoms. The summed E-state index contributed by atoms with van der Waals surface area (Å²) in [5.41, 5.74) is 2.27. The number of nitrogens with one attached hydrogen (secondary N) is 2. The van der Waals surface area contributed by atoms with Gasteiger partial charge in [-0.25, -0.2) is 0 Å². The van der Waals surface area contributed by atoms with Crippen LogP contribution in [0.2, 0.25) is 0 Å². The number of hydrogen-bond donors (Lipinski definition) is 2. The molecule has 3 nitrogen and oxygen atoms in total. The van der Waals surface area contributed by atoms with Crippen molar-refractivity contribution in [2.45, 2.75) is 32.6 Å². The van der Waals surface area contributed by atoms with E-state index in [4.69, 9.17) is 0 Å². The molecule has 0 aliphatic carbocycles. The molecule has 0 saturated carbocycles. The molecule has 1 aromatic heterocycles. The highest BCUT2D eigenvalue weighted by Crippen LogP contribution is 2.16. The molecule has 2 rings (SSSR count). The number of anilines is 1. The van der Waals surface area contributed by atoms with Gasteiger partial charge in [-0.3, -0.25) is 5.10 Å². The highest BCUT2D eigenvalue weighted by molar-refractivity contribution is 5.81. The molecule has 1 heterocycles. The van der Waals surface area contributed by atoms with Crippen molar-refractivity contribution in [3.8, 4) is 0 Å². The van der Waals surface area contributed by atoms with E-state index in [1.165, 1.54) is 31.4 Å². The van der Waals surface area contributed by atoms with Crippen LogP contribution in [0.15, 0.2) is 24.4 Å². The number of unbranched alkanes of at least 4 members (excludes halogenated alkanes) is 3. The molecule has 0 bridgehead atoms. The fourth-order valence-corrected chi connectivity index (χ4v) is 1.83. The average molecular weight is 217 g/mol. The van der Waals surface area contributed by atoms with Gasteiger partial charge in [0.2, 0.25) is 0 Å². The Hall–Kier alpha value is -1.51. The number of hydrogen-bond acceptors (Lipinski definition) is 2. The monoisotopic (exact) mass is 217 g/mol. The second kappa shape index (κ2) is 5.54. The Morgan fingerprint density at radius 2 is 2.19 bits per heavy atom. The van der Waals surface area contributed by atoms with Crippen LogP contribution in [-0.4, -0.2) is 16.7 Å². The van der Waals surface area contributed by atoms with Gasteiger partial charge < -0.3 is 5.32 Å². The van der Waals surface area contributed by atoms with Crippen molar-refractivity contribution < 1.29 is 0 Å². The third-order valence-electron chi connectivity index (χ3n) is 2.80. The van der Waals surface area contributed by atoms with Gasteiger partial charge in [0, 0.05) is 17.6 Å². The van der Waals surface area contributed by atoms with Crippen LogP contribution < -0.4 is 5.32 Å². The molecule has 86 valence electrons. The largest absolute Gasteiger partial charge is 0.385 e. The van der Waals surface area contributed by atoms with E-state index >= 15 is 0 Å². The van der Waals surface area contributed by atoms with Crippen LogP contribution >= 0.6 is 0 Å². The van der Waals surface area contributed by atoms with Crippen molar-refractivity contribution in [2.24, 2.45) is 0 Å². The van der Waals surface area contributed by atoms with E-state index in [0.717, 1.165) is 17.4 Å². The maximum Gasteiger partial charge on any atom is 0.0670 e. The molecule has 2 aromatic rings. The predicted octanol–water partition coefficient (Wildman–Crippen LogP) is 3.56. The molecular formula is C13H19N3. The SMILES string of the molecule is CCCCCCNc1ccc2cn[nH]c2c1. The van der Waals surface area contributed by atoms with Crippen LogP contribution in [0, 0.1) is 0 Å². The summed E-state index contributed by atoms with van der Waals surface area (Å²) in [6, 6.07) is 6.31. The van der Waals surface area contributed by atoms with Crippen LogP contribution in [0.25, 0.3) is 10.9 Å². The zero-order valence-corrected chi connectivity index (χ0v) is 9.79. The first-order valence-corrected chi connectivity index (χ1v) is 6.07. The molecular weight excluding hydrogens is 198 g/mol. The number of nitrogens with zero attached hydrogens (tertiary/aromatic N) is 1. The summed E-state index contributed by atoms with van der Waals surface area (Å²) in [6.45, 7) is 3.29. The minimum Gasteiger partial charge on any atom is -0.385 e. The van der Waals surface area contributed by atoms with Crippen molar-refractivity contribution >= 4 is 16.6 Å². The highest BCUT2D eigenvalue weighted by atomic mass is 15.1. The van der Waals surface area contributed by atoms with Gasteiger partial charge in [-0.1, -0.05) is 26.2 Å². The van der Waals surface area contributed by atoms with Crippen LogP contribution in [0.4, 0.5) is 5.69 Å². The molecule has 0 fully saturated rings. The molecule has 0 saturated heterocycles. The molecule has 1 aromatic carbocycles. The number of rotatable bonds is 6. The van der Waals surface area contributed by atoms with Crippen molar-refractivity contribution in [3.63, 3.8) is 0 Å². The second-order valence-corrected chi connectivity index (χ2v) is 4.16. The van der Waals surface area contributed by atoms with Crippen LogP contribution in [-0.2, 0) is 0 Å². The quantitative estimate of drug-likeness (QED) is 0.726. The van der Waals surface area contributed by atoms with E-state index in [0.29, 0.717) is 0 Å². The highest BCUT2D eigenvalue weighted by Gasteiger charge is 1.97. The van der Waals surface area contributed by atoms with Crippen molar-refractivity contribution in [2.75, 3.05) is 11.9 Å². The second-order valence-electron chi connectivity index (χ2n) is 4.16. The van der Waals surface area contributed by atoms with Gasteiger partial charge in [-0.2, -0.15) is 5.10 Å². The zero-order valence-electron chi connectivity index (χ0n) is 9.79. The maximum atomic E-state index is 4.01. The van der Waals surface area contributed by atoms with E-state index < -0.39 is 0 Å². The summed E-state index contributed by atoms with van der Waals surface area (Å²) in [4.78, 5) is 0. The van der Waals surface area contributed by atoms with E-state index in [-0.39, 0.29) is 0 Å². The molecule has 0 amide bonds. The van der Waals surface area contributed by atoms with Gasteiger partial charge in [-0.15, -0.1) is 0 Å². The third kappa shape index (κ3) is 2.75. The first-order chi connectivity index (χ1) is 7.90. The number of H-pyrrole nitrogens is 1. The standard InChI is InChI=1S/C13H19N3/c1-2-3-4-5-8-14-12-7-6-11-10-15-16-13(11)9-12/h6-7,9-10,14H,2-5,8H2,1H3,(H,15,16). The summed E-state index contributed by atoms with van der Waals surface area (Å²) in [5.74, 6) is 0. The minimum atomic E-state index is 1.06. The minimum absolute atomic E-state index is 1.06. The lowest BCUT2D eigenvalue weighted by Gasteiger charge is -2.05. The Labute approximate surface area is 96.2 Å². The Morgan fingerprint density at radius 3 is 3.06 bits per heavy atom. The zero-order chi connectivity index (χ0) is 11.2. The van der Waals surface area contributed by atoms with Gasteiger partial charge >= 0.3 is 0 Å². The Balaban J connectivity index is 1.84. The molecule has 0 atom stereocenters. The van der Waals surface area contributed by atoms with Gasteiger partial charge in [0.1, 0.15) is 0 Å². The third-order valence-corrected chi connectivity index (χ3v) is 2.80. The Bertz CT molecular complexity index is 433. The van der Waals surface area contributed by atoms with Crippen molar-refractivity contribution in [1.82, 2.24) is 10.2 Å². The van der Waals surface area contributed by atoms with E-state index in [9.17, 15) is 0 Å². The normalized spacial score (nSPS) is 10.8. The number of aromatic amines is 1. The summed E-state index contributed by atoms with van der Waals surface area (Å²) in [6.07, 6.45) is 7.03. The van der Waals surface area contributed by atoms with E-state index in [1.54, 1.807) is 0 Å². The molecule has 16 heavy (non-hydrogen) atoms. The fourth-order valence-electron chi connectivity index (χ4n) is 1.83. The van der Waals surface area contributed by atoms with Gasteiger partial charge in [0.25, 0.3) is 0 Å². The van der Waals surface area contributed by atoms with Gasteiger partial charge in [0.05, 0.1) is 11.7 Å². The number of aromatic nitrogens is 2. The van der Waals surface area contributed by atoms with Crippen LogP contribution in [0.3, 0.4) is 0 Å². The number of benzene rings is 1. The molecule has 0 aliphatic rings. The summed E-state index contributed by atoms with van der Waals surface area (Å²) in [7, 11) is 0. The molecule has 3 heteroatoms. The van der Waals surface area contributed by atoms with Gasteiger partial charge in [0.15, 0.2) is 0 Å². The van der Waals surface area contributed by atoms with Gasteiger partial charge in [-0.05, 0) is 24.6 Å². The van der Waals surface area contributed by atoms with E-state index in [1.807, 2.05) is 6.20 Å². The summed E-state index contributed by atoms with van der Waals surface area (Å²) in [5, 5.41) is 11.6. The van der Waals surface area contributed by atoms with Crippen molar-refractivity contribution in [1.29, 1.82) is 0 Å². The first-order valence-electron chi connectivity index (χ1n) is 6.07. The lowest BCUT2D eigenvalue weighted by Crippen LogP contribution is -2.00. The Morgan fingerprint density at radius 1 is 1.25 bits per heavy atom. The molecule has 0 radical (unpaired) electrons. The fraction of sp³-hybridized carbons (Fsp3) is 0.462. The first kappa shape index (κ1) is 11.0. The number of fused-ring (bicyclic) bond motifs is 1.